The van der Waals surface area contributed by atoms with Crippen molar-refractivity contribution in [1.82, 2.24) is 19.9 Å². The predicted octanol–water partition coefficient (Wildman–Crippen LogP) is 1.67. The molecule has 25 heavy (non-hydrogen) atoms. The van der Waals surface area contributed by atoms with Gasteiger partial charge in [-0.3, -0.25) is 9.58 Å². The number of carbonyl (C=O) groups is 1. The fraction of sp³-hybridized carbons (Fsp3) is 0.500. The summed E-state index contributed by atoms with van der Waals surface area (Å²) in [6, 6.07) is 10.6. The van der Waals surface area contributed by atoms with Crippen molar-refractivity contribution in [2.24, 2.45) is 0 Å². The molecule has 0 atom stereocenters. The minimum absolute atomic E-state index is 0.263. The maximum absolute atomic E-state index is 11.3. The van der Waals surface area contributed by atoms with Crippen LogP contribution in [0.25, 0.3) is 0 Å². The maximum Gasteiger partial charge on any atom is 0.360 e. The Balaban J connectivity index is 1.34. The van der Waals surface area contributed by atoms with E-state index in [2.05, 4.69) is 55.2 Å². The van der Waals surface area contributed by atoms with Gasteiger partial charge >= 0.3 is 5.97 Å². The molecule has 1 aliphatic rings. The Bertz CT molecular complexity index is 665. The second kappa shape index (κ2) is 8.62. The van der Waals surface area contributed by atoms with E-state index in [4.69, 9.17) is 0 Å². The van der Waals surface area contributed by atoms with Crippen molar-refractivity contribution in [3.8, 4) is 0 Å². The van der Waals surface area contributed by atoms with Crippen molar-refractivity contribution in [1.29, 1.82) is 0 Å². The molecule has 0 bridgehead atoms. The summed E-state index contributed by atoms with van der Waals surface area (Å²) in [4.78, 5) is 16.3. The third-order valence-corrected chi connectivity index (χ3v) is 4.54. The molecule has 0 saturated carbocycles. The minimum Gasteiger partial charge on any atom is -0.464 e. The van der Waals surface area contributed by atoms with Crippen LogP contribution in [0.4, 0.5) is 5.69 Å². The first kappa shape index (κ1) is 17.4. The number of hydrogen-bond donors (Lipinski definition) is 0. The molecule has 0 unspecified atom stereocenters. The molecule has 1 fully saturated rings. The van der Waals surface area contributed by atoms with Crippen LogP contribution < -0.4 is 4.90 Å². The lowest BCUT2D eigenvalue weighted by atomic mass is 10.2. The van der Waals surface area contributed by atoms with Gasteiger partial charge in [0.05, 0.1) is 13.3 Å². The van der Waals surface area contributed by atoms with Gasteiger partial charge in [0.15, 0.2) is 5.69 Å². The van der Waals surface area contributed by atoms with E-state index in [-0.39, 0.29) is 5.69 Å². The van der Waals surface area contributed by atoms with E-state index >= 15 is 0 Å². The molecule has 3 rings (SSSR count). The number of carbonyl (C=O) groups excluding carboxylic acids is 1. The summed E-state index contributed by atoms with van der Waals surface area (Å²) in [5.41, 5.74) is 1.58. The van der Waals surface area contributed by atoms with Crippen molar-refractivity contribution in [3.63, 3.8) is 0 Å². The fourth-order valence-electron chi connectivity index (χ4n) is 3.08. The number of anilines is 1. The van der Waals surface area contributed by atoms with Crippen LogP contribution in [0, 0.1) is 0 Å². The van der Waals surface area contributed by atoms with Gasteiger partial charge < -0.3 is 9.64 Å². The first-order valence-corrected chi connectivity index (χ1v) is 8.77. The van der Waals surface area contributed by atoms with Gasteiger partial charge in [-0.15, -0.1) is 5.10 Å². The highest BCUT2D eigenvalue weighted by Crippen LogP contribution is 2.15. The van der Waals surface area contributed by atoms with E-state index in [1.165, 1.54) is 12.8 Å². The van der Waals surface area contributed by atoms with Crippen molar-refractivity contribution in [2.75, 3.05) is 44.7 Å². The van der Waals surface area contributed by atoms with Gasteiger partial charge in [-0.05, 0) is 31.5 Å². The van der Waals surface area contributed by atoms with E-state index < -0.39 is 5.97 Å². The summed E-state index contributed by atoms with van der Waals surface area (Å²) >= 11 is 0. The van der Waals surface area contributed by atoms with Crippen LogP contribution >= 0.6 is 0 Å². The topological polar surface area (TPSA) is 63.5 Å². The van der Waals surface area contributed by atoms with Crippen LogP contribution in [0.2, 0.25) is 0 Å². The molecule has 1 aliphatic heterocycles. The Labute approximate surface area is 148 Å². The third kappa shape index (κ3) is 4.79. The Morgan fingerprint density at radius 1 is 1.08 bits per heavy atom. The lowest BCUT2D eigenvalue weighted by molar-refractivity contribution is 0.0594. The van der Waals surface area contributed by atoms with Gasteiger partial charge in [-0.2, -0.15) is 0 Å². The van der Waals surface area contributed by atoms with Gasteiger partial charge in [0, 0.05) is 38.4 Å². The monoisotopic (exact) mass is 343 g/mol. The quantitative estimate of drug-likeness (QED) is 0.563. The van der Waals surface area contributed by atoms with Crippen molar-refractivity contribution in [2.45, 2.75) is 19.4 Å². The van der Waals surface area contributed by atoms with Gasteiger partial charge in [-0.25, -0.2) is 4.79 Å². The SMILES string of the molecule is COC(=O)c1cn(CCCCN2CCN(c3ccccc3)CC2)nn1. The summed E-state index contributed by atoms with van der Waals surface area (Å²) in [7, 11) is 1.35. The molecule has 2 aromatic rings. The number of methoxy groups -OCH3 is 1. The number of nitrogens with zero attached hydrogens (tertiary/aromatic N) is 5. The zero-order valence-corrected chi connectivity index (χ0v) is 14.7. The highest BCUT2D eigenvalue weighted by molar-refractivity contribution is 5.86. The molecule has 0 N–H and O–H groups in total. The normalized spacial score (nSPS) is 15.3. The molecular weight excluding hydrogens is 318 g/mol. The maximum atomic E-state index is 11.3. The van der Waals surface area contributed by atoms with Crippen LogP contribution in [0.1, 0.15) is 23.3 Å². The van der Waals surface area contributed by atoms with Crippen LogP contribution in [0.15, 0.2) is 36.5 Å². The number of rotatable bonds is 7. The van der Waals surface area contributed by atoms with Gasteiger partial charge in [0.1, 0.15) is 0 Å². The number of unbranched alkanes of at least 4 members (excludes halogenated alkanes) is 1. The van der Waals surface area contributed by atoms with Gasteiger partial charge in [0.2, 0.25) is 0 Å². The number of esters is 1. The number of piperazine rings is 1. The van der Waals surface area contributed by atoms with Gasteiger partial charge in [-0.1, -0.05) is 23.4 Å². The van der Waals surface area contributed by atoms with Crippen LogP contribution in [-0.4, -0.2) is 65.7 Å². The van der Waals surface area contributed by atoms with Gasteiger partial charge in [0.25, 0.3) is 0 Å². The zero-order chi connectivity index (χ0) is 17.5. The average Bonchev–Trinajstić information content (AvgIpc) is 3.15. The fourth-order valence-corrected chi connectivity index (χ4v) is 3.08. The number of ether oxygens (including phenoxy) is 1. The smallest absolute Gasteiger partial charge is 0.360 e. The van der Waals surface area contributed by atoms with Crippen molar-refractivity contribution >= 4 is 11.7 Å². The molecule has 1 saturated heterocycles. The minimum atomic E-state index is -0.442. The van der Waals surface area contributed by atoms with Crippen LogP contribution in [-0.2, 0) is 11.3 Å². The standard InChI is InChI=1S/C18H25N5O2/c1-25-18(24)17-15-23(20-19-17)10-6-5-9-21-11-13-22(14-12-21)16-7-3-2-4-8-16/h2-4,7-8,15H,5-6,9-14H2,1H3. The molecule has 0 amide bonds. The molecule has 7 nitrogen and oxygen atoms in total. The summed E-state index contributed by atoms with van der Waals surface area (Å²) in [6.07, 6.45) is 3.77. The Kier molecular flexibility index (Phi) is 6.00. The molecular formula is C18H25N5O2. The first-order valence-electron chi connectivity index (χ1n) is 8.77. The molecule has 134 valence electrons. The average molecular weight is 343 g/mol. The summed E-state index contributed by atoms with van der Waals surface area (Å²) in [5.74, 6) is -0.442. The summed E-state index contributed by atoms with van der Waals surface area (Å²) < 4.78 is 6.34. The highest BCUT2D eigenvalue weighted by atomic mass is 16.5. The molecule has 0 aliphatic carbocycles. The number of benzene rings is 1. The number of aromatic nitrogens is 3. The molecule has 1 aromatic carbocycles. The predicted molar refractivity (Wildman–Crippen MR) is 95.7 cm³/mol. The van der Waals surface area contributed by atoms with E-state index in [1.807, 2.05) is 0 Å². The van der Waals surface area contributed by atoms with E-state index in [0.717, 1.165) is 52.1 Å². The lowest BCUT2D eigenvalue weighted by Crippen LogP contribution is -2.46. The van der Waals surface area contributed by atoms with Crippen LogP contribution in [0.3, 0.4) is 0 Å². The molecule has 0 spiro atoms. The Morgan fingerprint density at radius 2 is 1.80 bits per heavy atom. The summed E-state index contributed by atoms with van der Waals surface area (Å²) in [6.45, 7) is 6.23. The second-order valence-corrected chi connectivity index (χ2v) is 6.23. The third-order valence-electron chi connectivity index (χ3n) is 4.54. The van der Waals surface area contributed by atoms with Crippen LogP contribution in [0.5, 0.6) is 0 Å². The molecule has 7 heteroatoms. The largest absolute Gasteiger partial charge is 0.464 e. The Hall–Kier alpha value is -2.41. The number of para-hydroxylation sites is 1. The highest BCUT2D eigenvalue weighted by Gasteiger charge is 2.16. The second-order valence-electron chi connectivity index (χ2n) is 6.23. The Morgan fingerprint density at radius 3 is 2.52 bits per heavy atom. The van der Waals surface area contributed by atoms with E-state index in [9.17, 15) is 4.79 Å². The molecule has 0 radical (unpaired) electrons. The molecule has 1 aromatic heterocycles. The lowest BCUT2D eigenvalue weighted by Gasteiger charge is -2.36. The van der Waals surface area contributed by atoms with Crippen molar-refractivity contribution in [3.05, 3.63) is 42.2 Å². The van der Waals surface area contributed by atoms with E-state index in [0.29, 0.717) is 0 Å². The number of aryl methyl sites for hydroxylation is 1. The van der Waals surface area contributed by atoms with E-state index in [1.54, 1.807) is 10.9 Å². The zero-order valence-electron chi connectivity index (χ0n) is 14.7. The molecule has 2 heterocycles. The number of hydrogen-bond acceptors (Lipinski definition) is 6. The summed E-state index contributed by atoms with van der Waals surface area (Å²) in [5, 5.41) is 7.77. The van der Waals surface area contributed by atoms with Crippen molar-refractivity contribution < 1.29 is 9.53 Å². The first-order chi connectivity index (χ1) is 12.3.